The number of anilines is 1. The number of hydrogen-bond acceptors (Lipinski definition) is 5. The molecule has 2 aromatic rings. The first-order valence-electron chi connectivity index (χ1n) is 8.59. The molecule has 0 aliphatic carbocycles. The van der Waals surface area contributed by atoms with E-state index in [4.69, 9.17) is 14.2 Å². The average Bonchev–Trinajstić information content (AvgIpc) is 3.10. The van der Waals surface area contributed by atoms with Gasteiger partial charge in [0.2, 0.25) is 6.79 Å². The highest BCUT2D eigenvalue weighted by atomic mass is 16.7. The van der Waals surface area contributed by atoms with Crippen LogP contribution in [0, 0.1) is 25.2 Å². The molecule has 6 nitrogen and oxygen atoms in total. The Morgan fingerprint density at radius 3 is 2.74 bits per heavy atom. The molecule has 2 aromatic carbocycles. The Bertz CT molecular complexity index is 957. The molecule has 0 bridgehead atoms. The van der Waals surface area contributed by atoms with E-state index >= 15 is 0 Å². The molecular formula is C21H20N2O4. The van der Waals surface area contributed by atoms with Gasteiger partial charge in [0.1, 0.15) is 17.4 Å². The van der Waals surface area contributed by atoms with Crippen molar-refractivity contribution in [2.45, 2.75) is 20.8 Å². The zero-order valence-electron chi connectivity index (χ0n) is 15.5. The Morgan fingerprint density at radius 1 is 1.30 bits per heavy atom. The van der Waals surface area contributed by atoms with Crippen molar-refractivity contribution >= 4 is 17.7 Å². The Kier molecular flexibility index (Phi) is 5.32. The smallest absolute Gasteiger partial charge is 0.266 e. The van der Waals surface area contributed by atoms with Crippen LogP contribution in [0.4, 0.5) is 5.69 Å². The van der Waals surface area contributed by atoms with Crippen molar-refractivity contribution in [2.75, 3.05) is 18.7 Å². The van der Waals surface area contributed by atoms with Gasteiger partial charge in [-0.25, -0.2) is 0 Å². The SMILES string of the molecule is CCOc1cc2c(cc1/C=C(\C#N)C(=O)Nc1cccc(C)c1C)OCO2. The lowest BCUT2D eigenvalue weighted by atomic mass is 10.1. The van der Waals surface area contributed by atoms with E-state index in [2.05, 4.69) is 5.32 Å². The van der Waals surface area contributed by atoms with Gasteiger partial charge in [-0.3, -0.25) is 4.79 Å². The van der Waals surface area contributed by atoms with Gasteiger partial charge in [-0.1, -0.05) is 12.1 Å². The lowest BCUT2D eigenvalue weighted by Gasteiger charge is -2.11. The second-order valence-corrected chi connectivity index (χ2v) is 6.05. The minimum atomic E-state index is -0.480. The van der Waals surface area contributed by atoms with Gasteiger partial charge in [-0.05, 0) is 50.1 Å². The van der Waals surface area contributed by atoms with E-state index < -0.39 is 5.91 Å². The molecule has 0 saturated carbocycles. The Hall–Kier alpha value is -3.46. The lowest BCUT2D eigenvalue weighted by Crippen LogP contribution is -2.14. The van der Waals surface area contributed by atoms with E-state index in [9.17, 15) is 10.1 Å². The molecule has 27 heavy (non-hydrogen) atoms. The second-order valence-electron chi connectivity index (χ2n) is 6.05. The fourth-order valence-electron chi connectivity index (χ4n) is 2.71. The van der Waals surface area contributed by atoms with Crippen LogP contribution in [-0.2, 0) is 4.79 Å². The highest BCUT2D eigenvalue weighted by Crippen LogP contribution is 2.39. The van der Waals surface area contributed by atoms with E-state index in [-0.39, 0.29) is 12.4 Å². The highest BCUT2D eigenvalue weighted by molar-refractivity contribution is 6.10. The van der Waals surface area contributed by atoms with E-state index in [1.807, 2.05) is 39.0 Å². The van der Waals surface area contributed by atoms with Crippen molar-refractivity contribution in [2.24, 2.45) is 0 Å². The number of hydrogen-bond donors (Lipinski definition) is 1. The third kappa shape index (κ3) is 3.87. The van der Waals surface area contributed by atoms with Crippen LogP contribution in [0.2, 0.25) is 0 Å². The summed E-state index contributed by atoms with van der Waals surface area (Å²) >= 11 is 0. The van der Waals surface area contributed by atoms with Crippen LogP contribution in [-0.4, -0.2) is 19.3 Å². The van der Waals surface area contributed by atoms with E-state index in [1.54, 1.807) is 18.2 Å². The van der Waals surface area contributed by atoms with Gasteiger partial charge >= 0.3 is 0 Å². The molecule has 138 valence electrons. The number of carbonyl (C=O) groups excluding carboxylic acids is 1. The van der Waals surface area contributed by atoms with Crippen molar-refractivity contribution in [1.29, 1.82) is 5.26 Å². The van der Waals surface area contributed by atoms with Gasteiger partial charge in [-0.2, -0.15) is 5.26 Å². The Morgan fingerprint density at radius 2 is 2.04 bits per heavy atom. The first-order valence-corrected chi connectivity index (χ1v) is 8.59. The van der Waals surface area contributed by atoms with E-state index in [1.165, 1.54) is 6.08 Å². The summed E-state index contributed by atoms with van der Waals surface area (Å²) in [6.07, 6.45) is 1.49. The number of carbonyl (C=O) groups is 1. The summed E-state index contributed by atoms with van der Waals surface area (Å²) in [4.78, 5) is 12.6. The largest absolute Gasteiger partial charge is 0.493 e. The predicted molar refractivity (Wildman–Crippen MR) is 102 cm³/mol. The van der Waals surface area contributed by atoms with Crippen LogP contribution in [0.3, 0.4) is 0 Å². The zero-order valence-corrected chi connectivity index (χ0v) is 15.5. The molecule has 0 unspecified atom stereocenters. The molecular weight excluding hydrogens is 344 g/mol. The molecule has 1 N–H and O–H groups in total. The van der Waals surface area contributed by atoms with Crippen molar-refractivity contribution in [3.05, 3.63) is 52.6 Å². The molecule has 3 rings (SSSR count). The Labute approximate surface area is 158 Å². The quantitative estimate of drug-likeness (QED) is 0.641. The topological polar surface area (TPSA) is 80.6 Å². The van der Waals surface area contributed by atoms with Crippen molar-refractivity contribution in [3.63, 3.8) is 0 Å². The predicted octanol–water partition coefficient (Wildman–Crippen LogP) is 3.98. The van der Waals surface area contributed by atoms with E-state index in [0.29, 0.717) is 35.1 Å². The summed E-state index contributed by atoms with van der Waals surface area (Å²) < 4.78 is 16.4. The van der Waals surface area contributed by atoms with Gasteiger partial charge < -0.3 is 19.5 Å². The standard InChI is InChI=1S/C21H20N2O4/c1-4-25-18-10-20-19(26-12-27-20)9-15(18)8-16(11-22)21(24)23-17-7-5-6-13(2)14(17)3/h5-10H,4,12H2,1-3H3,(H,23,24)/b16-8+. The minimum Gasteiger partial charge on any atom is -0.493 e. The van der Waals surface area contributed by atoms with E-state index in [0.717, 1.165) is 11.1 Å². The summed E-state index contributed by atoms with van der Waals surface area (Å²) in [6, 6.07) is 11.0. The number of nitriles is 1. The number of ether oxygens (including phenoxy) is 3. The van der Waals surface area contributed by atoms with Gasteiger partial charge in [0.15, 0.2) is 11.5 Å². The fraction of sp³-hybridized carbons (Fsp3) is 0.238. The van der Waals surface area contributed by atoms with Crippen molar-refractivity contribution in [3.8, 4) is 23.3 Å². The normalized spacial score (nSPS) is 12.4. The van der Waals surface area contributed by atoms with Gasteiger partial charge in [0.25, 0.3) is 5.91 Å². The second kappa shape index (κ2) is 7.83. The molecule has 0 fully saturated rings. The van der Waals surface area contributed by atoms with Gasteiger partial charge in [0.05, 0.1) is 6.61 Å². The van der Waals surface area contributed by atoms with Crippen LogP contribution in [0.5, 0.6) is 17.2 Å². The maximum Gasteiger partial charge on any atom is 0.266 e. The van der Waals surface area contributed by atoms with Gasteiger partial charge in [0, 0.05) is 17.3 Å². The van der Waals surface area contributed by atoms with Crippen LogP contribution in [0.15, 0.2) is 35.9 Å². The third-order valence-electron chi connectivity index (χ3n) is 4.32. The molecule has 0 spiro atoms. The maximum atomic E-state index is 12.6. The molecule has 1 amide bonds. The first kappa shape index (κ1) is 18.3. The molecule has 6 heteroatoms. The number of fused-ring (bicyclic) bond motifs is 1. The number of rotatable bonds is 5. The van der Waals surface area contributed by atoms with Crippen molar-refractivity contribution < 1.29 is 19.0 Å². The van der Waals surface area contributed by atoms with Crippen molar-refractivity contribution in [1.82, 2.24) is 0 Å². The Balaban J connectivity index is 1.93. The molecule has 1 aliphatic rings. The molecule has 0 radical (unpaired) electrons. The van der Waals surface area contributed by atoms with Crippen LogP contribution in [0.1, 0.15) is 23.6 Å². The number of nitrogens with one attached hydrogen (secondary N) is 1. The molecule has 1 aliphatic heterocycles. The molecule has 1 heterocycles. The fourth-order valence-corrected chi connectivity index (χ4v) is 2.71. The summed E-state index contributed by atoms with van der Waals surface area (Å²) in [7, 11) is 0. The maximum absolute atomic E-state index is 12.6. The lowest BCUT2D eigenvalue weighted by molar-refractivity contribution is -0.112. The summed E-state index contributed by atoms with van der Waals surface area (Å²) in [5.41, 5.74) is 3.24. The molecule has 0 atom stereocenters. The number of amides is 1. The van der Waals surface area contributed by atoms with Crippen LogP contribution < -0.4 is 19.5 Å². The highest BCUT2D eigenvalue weighted by Gasteiger charge is 2.19. The monoisotopic (exact) mass is 364 g/mol. The minimum absolute atomic E-state index is 0.0317. The average molecular weight is 364 g/mol. The number of benzene rings is 2. The van der Waals surface area contributed by atoms with Crippen LogP contribution >= 0.6 is 0 Å². The number of nitrogens with zero attached hydrogens (tertiary/aromatic N) is 1. The summed E-state index contributed by atoms with van der Waals surface area (Å²) in [5.74, 6) is 1.17. The summed E-state index contributed by atoms with van der Waals surface area (Å²) in [6.45, 7) is 6.32. The third-order valence-corrected chi connectivity index (χ3v) is 4.32. The summed E-state index contributed by atoms with van der Waals surface area (Å²) in [5, 5.41) is 12.3. The van der Waals surface area contributed by atoms with Gasteiger partial charge in [-0.15, -0.1) is 0 Å². The zero-order chi connectivity index (χ0) is 19.4. The molecule has 0 aromatic heterocycles. The number of aryl methyl sites for hydroxylation is 1. The van der Waals surface area contributed by atoms with Crippen LogP contribution in [0.25, 0.3) is 6.08 Å². The first-order chi connectivity index (χ1) is 13.0. The molecule has 0 saturated heterocycles.